The standard InChI is InChI=1S/C24H34O15/c1-33-12-6-11(7-13(34-2)21(12)35-3)4-5-16(28)37-22-18(30)15(9-26)38-24(22,10-27)39-23-20(32)19(31)17(29)14(8-25)36-23/h4-7,14-15,17-20,22-23,25-27,29-32H,8-10H2,1-3H3/t14?,15?,17?,18?,19?,20?,22?,23?,24-/m1/s1. The van der Waals surface area contributed by atoms with Crippen LogP contribution in [0, 0.1) is 0 Å². The molecule has 0 radical (unpaired) electrons. The van der Waals surface area contributed by atoms with Gasteiger partial charge in [-0.3, -0.25) is 0 Å². The van der Waals surface area contributed by atoms with E-state index in [-0.39, 0.29) is 0 Å². The smallest absolute Gasteiger partial charge is 0.331 e. The molecule has 0 aliphatic carbocycles. The molecule has 1 aromatic carbocycles. The first-order valence-electron chi connectivity index (χ1n) is 11.8. The van der Waals surface area contributed by atoms with Crippen LogP contribution >= 0.6 is 0 Å². The molecule has 2 saturated heterocycles. The predicted molar refractivity (Wildman–Crippen MR) is 128 cm³/mol. The Morgan fingerprint density at radius 2 is 1.51 bits per heavy atom. The van der Waals surface area contributed by atoms with E-state index in [1.54, 1.807) is 12.1 Å². The number of benzene rings is 1. The van der Waals surface area contributed by atoms with Crippen molar-refractivity contribution in [3.05, 3.63) is 23.8 Å². The molecule has 2 fully saturated rings. The molecule has 9 atom stereocenters. The first kappa shape index (κ1) is 31.0. The van der Waals surface area contributed by atoms with Crippen LogP contribution in [0.25, 0.3) is 6.08 Å². The largest absolute Gasteiger partial charge is 0.493 e. The molecule has 2 aliphatic heterocycles. The van der Waals surface area contributed by atoms with Gasteiger partial charge in [0, 0.05) is 6.08 Å². The minimum atomic E-state index is -2.38. The molecule has 39 heavy (non-hydrogen) atoms. The molecule has 3 rings (SSSR count). The third kappa shape index (κ3) is 6.28. The van der Waals surface area contributed by atoms with Crippen LogP contribution in [0.4, 0.5) is 0 Å². The summed E-state index contributed by atoms with van der Waals surface area (Å²) < 4.78 is 37.5. The van der Waals surface area contributed by atoms with Crippen molar-refractivity contribution in [2.75, 3.05) is 41.2 Å². The van der Waals surface area contributed by atoms with Crippen molar-refractivity contribution in [3.63, 3.8) is 0 Å². The zero-order valence-electron chi connectivity index (χ0n) is 21.4. The van der Waals surface area contributed by atoms with Gasteiger partial charge < -0.3 is 68.9 Å². The molecule has 15 nitrogen and oxygen atoms in total. The molecule has 2 heterocycles. The summed E-state index contributed by atoms with van der Waals surface area (Å²) in [6, 6.07) is 3.11. The Labute approximate surface area is 223 Å². The fraction of sp³-hybridized carbons (Fsp3) is 0.625. The third-order valence-electron chi connectivity index (χ3n) is 6.38. The fourth-order valence-electron chi connectivity index (χ4n) is 4.30. The van der Waals surface area contributed by atoms with Gasteiger partial charge in [0.15, 0.2) is 23.9 Å². The molecule has 220 valence electrons. The summed E-state index contributed by atoms with van der Waals surface area (Å²) in [5.41, 5.74) is 0.448. The number of hydrogen-bond donors (Lipinski definition) is 7. The maximum atomic E-state index is 12.7. The fourth-order valence-corrected chi connectivity index (χ4v) is 4.30. The summed E-state index contributed by atoms with van der Waals surface area (Å²) in [7, 11) is 4.27. The Morgan fingerprint density at radius 3 is 2.03 bits per heavy atom. The Hall–Kier alpha value is -2.57. The lowest BCUT2D eigenvalue weighted by Gasteiger charge is -2.43. The summed E-state index contributed by atoms with van der Waals surface area (Å²) in [5.74, 6) is -2.43. The molecule has 2 aliphatic rings. The molecule has 0 spiro atoms. The van der Waals surface area contributed by atoms with Gasteiger partial charge >= 0.3 is 5.97 Å². The normalized spacial score (nSPS) is 34.7. The number of methoxy groups -OCH3 is 3. The van der Waals surface area contributed by atoms with Crippen LogP contribution in [0.15, 0.2) is 18.2 Å². The third-order valence-corrected chi connectivity index (χ3v) is 6.38. The van der Waals surface area contributed by atoms with Crippen LogP contribution in [0.2, 0.25) is 0 Å². The second kappa shape index (κ2) is 13.2. The Kier molecular flexibility index (Phi) is 10.5. The van der Waals surface area contributed by atoms with Gasteiger partial charge in [-0.2, -0.15) is 0 Å². The molecule has 8 unspecified atom stereocenters. The van der Waals surface area contributed by atoms with Crippen molar-refractivity contribution in [2.45, 2.75) is 54.8 Å². The van der Waals surface area contributed by atoms with Gasteiger partial charge in [0.05, 0.1) is 34.5 Å². The van der Waals surface area contributed by atoms with Crippen molar-refractivity contribution in [3.8, 4) is 17.2 Å². The van der Waals surface area contributed by atoms with E-state index in [1.807, 2.05) is 0 Å². The summed E-state index contributed by atoms with van der Waals surface area (Å²) in [4.78, 5) is 12.7. The second-order valence-electron chi connectivity index (χ2n) is 8.76. The lowest BCUT2D eigenvalue weighted by molar-refractivity contribution is -0.383. The second-order valence-corrected chi connectivity index (χ2v) is 8.76. The summed E-state index contributed by atoms with van der Waals surface area (Å²) >= 11 is 0. The zero-order valence-corrected chi connectivity index (χ0v) is 21.4. The topological polar surface area (TPSA) is 223 Å². The maximum Gasteiger partial charge on any atom is 0.331 e. The lowest BCUT2D eigenvalue weighted by atomic mass is 9.99. The molecule has 0 amide bonds. The van der Waals surface area contributed by atoms with E-state index in [0.29, 0.717) is 22.8 Å². The van der Waals surface area contributed by atoms with Gasteiger partial charge in [0.25, 0.3) is 0 Å². The Balaban J connectivity index is 1.84. The molecule has 1 aromatic rings. The van der Waals surface area contributed by atoms with E-state index in [0.717, 1.165) is 6.08 Å². The number of esters is 1. The first-order valence-corrected chi connectivity index (χ1v) is 11.8. The van der Waals surface area contributed by atoms with Gasteiger partial charge in [-0.25, -0.2) is 4.79 Å². The monoisotopic (exact) mass is 562 g/mol. The quantitative estimate of drug-likeness (QED) is 0.105. The van der Waals surface area contributed by atoms with Gasteiger partial charge in [0.1, 0.15) is 43.2 Å². The number of carbonyl (C=O) groups is 1. The van der Waals surface area contributed by atoms with Gasteiger partial charge in [0.2, 0.25) is 11.5 Å². The number of ether oxygens (including phenoxy) is 7. The van der Waals surface area contributed by atoms with E-state index < -0.39 is 80.6 Å². The van der Waals surface area contributed by atoms with Gasteiger partial charge in [-0.05, 0) is 23.8 Å². The molecule has 0 bridgehead atoms. The van der Waals surface area contributed by atoms with Crippen molar-refractivity contribution in [1.29, 1.82) is 0 Å². The highest BCUT2D eigenvalue weighted by Crippen LogP contribution is 2.39. The van der Waals surface area contributed by atoms with E-state index in [1.165, 1.54) is 27.4 Å². The number of hydrogen-bond acceptors (Lipinski definition) is 15. The van der Waals surface area contributed by atoms with E-state index in [4.69, 9.17) is 33.2 Å². The average molecular weight is 563 g/mol. The van der Waals surface area contributed by atoms with Crippen LogP contribution in [0.1, 0.15) is 5.56 Å². The molecule has 15 heteroatoms. The van der Waals surface area contributed by atoms with E-state index >= 15 is 0 Å². The molecular formula is C24H34O15. The van der Waals surface area contributed by atoms with Crippen molar-refractivity contribution < 1.29 is 73.7 Å². The highest BCUT2D eigenvalue weighted by molar-refractivity contribution is 5.87. The van der Waals surface area contributed by atoms with Crippen LogP contribution in [-0.2, 0) is 23.7 Å². The Morgan fingerprint density at radius 1 is 0.897 bits per heavy atom. The summed E-state index contributed by atoms with van der Waals surface area (Å²) in [5, 5.41) is 70.3. The number of aliphatic hydroxyl groups excluding tert-OH is 7. The summed E-state index contributed by atoms with van der Waals surface area (Å²) in [6.07, 6.45) is -11.1. The molecule has 7 N–H and O–H groups in total. The van der Waals surface area contributed by atoms with Crippen molar-refractivity contribution >= 4 is 12.0 Å². The summed E-state index contributed by atoms with van der Waals surface area (Å²) in [6.45, 7) is -2.59. The minimum absolute atomic E-state index is 0.322. The van der Waals surface area contributed by atoms with E-state index in [2.05, 4.69) is 0 Å². The lowest BCUT2D eigenvalue weighted by Crippen LogP contribution is -2.63. The van der Waals surface area contributed by atoms with Gasteiger partial charge in [-0.15, -0.1) is 0 Å². The van der Waals surface area contributed by atoms with E-state index in [9.17, 15) is 40.5 Å². The number of aliphatic hydroxyl groups is 7. The first-order chi connectivity index (χ1) is 18.6. The maximum absolute atomic E-state index is 12.7. The molecular weight excluding hydrogens is 528 g/mol. The molecule has 0 saturated carbocycles. The average Bonchev–Trinajstić information content (AvgIpc) is 3.21. The van der Waals surface area contributed by atoms with Crippen LogP contribution in [0.3, 0.4) is 0 Å². The Bertz CT molecular complexity index is 975. The predicted octanol–water partition coefficient (Wildman–Crippen LogP) is -3.11. The highest BCUT2D eigenvalue weighted by atomic mass is 16.8. The van der Waals surface area contributed by atoms with Crippen LogP contribution < -0.4 is 14.2 Å². The van der Waals surface area contributed by atoms with Gasteiger partial charge in [-0.1, -0.05) is 0 Å². The number of carbonyl (C=O) groups excluding carboxylic acids is 1. The highest BCUT2D eigenvalue weighted by Gasteiger charge is 2.60. The van der Waals surface area contributed by atoms with Crippen molar-refractivity contribution in [2.24, 2.45) is 0 Å². The minimum Gasteiger partial charge on any atom is -0.493 e. The van der Waals surface area contributed by atoms with Crippen LogP contribution in [-0.4, -0.2) is 138 Å². The molecule has 0 aromatic heterocycles. The zero-order chi connectivity index (χ0) is 28.9. The van der Waals surface area contributed by atoms with Crippen molar-refractivity contribution in [1.82, 2.24) is 0 Å². The van der Waals surface area contributed by atoms with Crippen LogP contribution in [0.5, 0.6) is 17.2 Å². The number of rotatable bonds is 11. The SMILES string of the molecule is COc1cc(C=CC(=O)OC2C(O)C(CO)O[C@]2(CO)OC2OC(CO)C(O)C(O)C2O)cc(OC)c1OC.